The fourth-order valence-corrected chi connectivity index (χ4v) is 2.75. The van der Waals surface area contributed by atoms with E-state index in [1.807, 2.05) is 0 Å². The van der Waals surface area contributed by atoms with Crippen LogP contribution in [0.1, 0.15) is 40.1 Å². The lowest BCUT2D eigenvalue weighted by Gasteiger charge is -2.11. The smallest absolute Gasteiger partial charge is 0.396 e. The second-order valence-corrected chi connectivity index (χ2v) is 6.59. The average Bonchev–Trinajstić information content (AvgIpc) is 3.13. The summed E-state index contributed by atoms with van der Waals surface area (Å²) >= 11 is 0. The first-order valence-corrected chi connectivity index (χ1v) is 9.04. The highest BCUT2D eigenvalue weighted by Crippen LogP contribution is 2.21. The van der Waals surface area contributed by atoms with Gasteiger partial charge in [0.25, 0.3) is 0 Å². The van der Waals surface area contributed by atoms with Crippen molar-refractivity contribution in [3.8, 4) is 0 Å². The van der Waals surface area contributed by atoms with Crippen LogP contribution in [-0.4, -0.2) is 46.8 Å². The van der Waals surface area contributed by atoms with E-state index in [0.29, 0.717) is 16.6 Å². The normalized spacial score (nSPS) is 10.7. The number of anilines is 1. The molecule has 0 fully saturated rings. The van der Waals surface area contributed by atoms with Gasteiger partial charge in [0.1, 0.15) is 0 Å². The number of aromatic amines is 1. The molecule has 0 aliphatic heterocycles. The lowest BCUT2D eigenvalue weighted by atomic mass is 9.98. The predicted octanol–water partition coefficient (Wildman–Crippen LogP) is 2.47. The number of ether oxygens (including phenoxy) is 2. The molecule has 3 rings (SSSR count). The third-order valence-corrected chi connectivity index (χ3v) is 4.08. The van der Waals surface area contributed by atoms with Crippen molar-refractivity contribution >= 4 is 40.6 Å². The molecule has 9 nitrogen and oxygen atoms in total. The maximum Gasteiger partial charge on any atom is 0.396 e. The van der Waals surface area contributed by atoms with E-state index in [-0.39, 0.29) is 29.0 Å². The number of esters is 2. The monoisotopic (exact) mass is 409 g/mol. The van der Waals surface area contributed by atoms with E-state index < -0.39 is 17.8 Å². The molecule has 0 radical (unpaired) electrons. The highest BCUT2D eigenvalue weighted by Gasteiger charge is 2.21. The zero-order valence-corrected chi connectivity index (χ0v) is 16.5. The molecular formula is C21H19N3O6. The first-order chi connectivity index (χ1) is 14.3. The molecule has 30 heavy (non-hydrogen) atoms. The standard InChI is InChI=1S/C21H19N3O6/c1-11(2)30-19(27)14-7-5-4-6-13(14)17(25)12-8-9-15-16(10-12)23-21(22-15)24-18(26)20(28)29-3/h4-11H,1-3H3,(H2,22,23,24,26). The first kappa shape index (κ1) is 20.7. The van der Waals surface area contributed by atoms with Gasteiger partial charge in [-0.1, -0.05) is 18.2 Å². The number of fused-ring (bicyclic) bond motifs is 1. The van der Waals surface area contributed by atoms with Crippen molar-refractivity contribution in [3.05, 3.63) is 59.2 Å². The van der Waals surface area contributed by atoms with Gasteiger partial charge < -0.3 is 14.5 Å². The van der Waals surface area contributed by atoms with Gasteiger partial charge in [-0.2, -0.15) is 0 Å². The summed E-state index contributed by atoms with van der Waals surface area (Å²) in [4.78, 5) is 55.2. The predicted molar refractivity (Wildman–Crippen MR) is 107 cm³/mol. The Balaban J connectivity index is 1.91. The molecule has 1 heterocycles. The summed E-state index contributed by atoms with van der Waals surface area (Å²) in [7, 11) is 1.09. The molecule has 3 aromatic rings. The van der Waals surface area contributed by atoms with E-state index in [0.717, 1.165) is 7.11 Å². The Kier molecular flexibility index (Phi) is 5.91. The van der Waals surface area contributed by atoms with Crippen LogP contribution in [0.2, 0.25) is 0 Å². The number of imidazole rings is 1. The van der Waals surface area contributed by atoms with Crippen molar-refractivity contribution in [3.63, 3.8) is 0 Å². The number of methoxy groups -OCH3 is 1. The molecule has 0 bridgehead atoms. The second-order valence-electron chi connectivity index (χ2n) is 6.59. The van der Waals surface area contributed by atoms with Crippen molar-refractivity contribution in [2.75, 3.05) is 12.4 Å². The van der Waals surface area contributed by atoms with Crippen LogP contribution in [0, 0.1) is 0 Å². The maximum absolute atomic E-state index is 13.0. The van der Waals surface area contributed by atoms with Crippen LogP contribution in [0.15, 0.2) is 42.5 Å². The Morgan fingerprint density at radius 3 is 2.40 bits per heavy atom. The number of ketones is 1. The minimum absolute atomic E-state index is 0.0333. The van der Waals surface area contributed by atoms with Crippen molar-refractivity contribution in [1.29, 1.82) is 0 Å². The van der Waals surface area contributed by atoms with Gasteiger partial charge in [-0.15, -0.1) is 0 Å². The summed E-state index contributed by atoms with van der Waals surface area (Å²) < 4.78 is 9.55. The van der Waals surface area contributed by atoms with Crippen LogP contribution in [0.5, 0.6) is 0 Å². The van der Waals surface area contributed by atoms with Crippen LogP contribution < -0.4 is 5.32 Å². The number of carbonyl (C=O) groups excluding carboxylic acids is 4. The van der Waals surface area contributed by atoms with Crippen molar-refractivity contribution in [2.24, 2.45) is 0 Å². The van der Waals surface area contributed by atoms with Crippen LogP contribution in [0.4, 0.5) is 5.95 Å². The number of nitrogens with zero attached hydrogens (tertiary/aromatic N) is 1. The summed E-state index contributed by atoms with van der Waals surface area (Å²) in [6, 6.07) is 11.1. The van der Waals surface area contributed by atoms with E-state index in [4.69, 9.17) is 4.74 Å². The number of amides is 1. The summed E-state index contributed by atoms with van der Waals surface area (Å²) in [5.41, 5.74) is 1.62. The zero-order valence-electron chi connectivity index (χ0n) is 16.5. The lowest BCUT2D eigenvalue weighted by molar-refractivity contribution is -0.150. The van der Waals surface area contributed by atoms with Gasteiger partial charge in [0.2, 0.25) is 5.95 Å². The molecule has 0 aliphatic carbocycles. The molecule has 2 N–H and O–H groups in total. The van der Waals surface area contributed by atoms with Gasteiger partial charge in [-0.05, 0) is 38.1 Å². The van der Waals surface area contributed by atoms with Crippen LogP contribution in [-0.2, 0) is 19.1 Å². The Hall–Kier alpha value is -4.01. The number of hydrogen-bond acceptors (Lipinski definition) is 7. The summed E-state index contributed by atoms with van der Waals surface area (Å²) in [6.45, 7) is 3.45. The number of H-pyrrole nitrogens is 1. The Bertz CT molecular complexity index is 1150. The van der Waals surface area contributed by atoms with Crippen molar-refractivity contribution < 1.29 is 28.7 Å². The first-order valence-electron chi connectivity index (χ1n) is 9.04. The maximum atomic E-state index is 13.0. The lowest BCUT2D eigenvalue weighted by Crippen LogP contribution is -2.24. The molecule has 9 heteroatoms. The van der Waals surface area contributed by atoms with E-state index in [9.17, 15) is 19.2 Å². The molecule has 0 unspecified atom stereocenters. The molecule has 154 valence electrons. The molecule has 2 aromatic carbocycles. The fourth-order valence-electron chi connectivity index (χ4n) is 2.75. The van der Waals surface area contributed by atoms with Gasteiger partial charge in [0.15, 0.2) is 5.78 Å². The number of benzene rings is 2. The topological polar surface area (TPSA) is 127 Å². The fraction of sp³-hybridized carbons (Fsp3) is 0.190. The quantitative estimate of drug-likeness (QED) is 0.376. The van der Waals surface area contributed by atoms with E-state index >= 15 is 0 Å². The average molecular weight is 409 g/mol. The third-order valence-electron chi connectivity index (χ3n) is 4.08. The van der Waals surface area contributed by atoms with Crippen molar-refractivity contribution in [2.45, 2.75) is 20.0 Å². The highest BCUT2D eigenvalue weighted by atomic mass is 16.5. The van der Waals surface area contributed by atoms with Crippen LogP contribution in [0.3, 0.4) is 0 Å². The van der Waals surface area contributed by atoms with Gasteiger partial charge in [0.05, 0.1) is 29.8 Å². The van der Waals surface area contributed by atoms with Crippen LogP contribution in [0.25, 0.3) is 11.0 Å². The Labute approximate surface area is 171 Å². The largest absolute Gasteiger partial charge is 0.462 e. The molecule has 0 aliphatic rings. The molecule has 1 amide bonds. The molecule has 0 saturated carbocycles. The van der Waals surface area contributed by atoms with Crippen molar-refractivity contribution in [1.82, 2.24) is 9.97 Å². The molecule has 0 spiro atoms. The highest BCUT2D eigenvalue weighted by molar-refractivity contribution is 6.37. The van der Waals surface area contributed by atoms with E-state index in [1.54, 1.807) is 50.2 Å². The third kappa shape index (κ3) is 4.35. The second kappa shape index (κ2) is 8.56. The minimum atomic E-state index is -1.06. The van der Waals surface area contributed by atoms with E-state index in [2.05, 4.69) is 20.0 Å². The van der Waals surface area contributed by atoms with E-state index in [1.165, 1.54) is 6.07 Å². The molecule has 0 saturated heterocycles. The number of rotatable bonds is 5. The summed E-state index contributed by atoms with van der Waals surface area (Å²) in [5.74, 6) is -2.96. The zero-order chi connectivity index (χ0) is 21.8. The number of carbonyl (C=O) groups is 4. The van der Waals surface area contributed by atoms with Gasteiger partial charge in [-0.3, -0.25) is 14.9 Å². The minimum Gasteiger partial charge on any atom is -0.462 e. The Morgan fingerprint density at radius 1 is 1.03 bits per heavy atom. The molecule has 0 atom stereocenters. The van der Waals surface area contributed by atoms with Gasteiger partial charge in [-0.25, -0.2) is 14.6 Å². The SMILES string of the molecule is COC(=O)C(=O)Nc1nc2ccc(C(=O)c3ccccc3C(=O)OC(C)C)cc2[nH]1. The number of hydrogen-bond donors (Lipinski definition) is 2. The van der Waals surface area contributed by atoms with Crippen LogP contribution >= 0.6 is 0 Å². The summed E-state index contributed by atoms with van der Waals surface area (Å²) in [5, 5.41) is 2.28. The molecular weight excluding hydrogens is 390 g/mol. The van der Waals surface area contributed by atoms with Gasteiger partial charge >= 0.3 is 17.8 Å². The number of aromatic nitrogens is 2. The summed E-state index contributed by atoms with van der Waals surface area (Å²) in [6.07, 6.45) is -0.319. The Morgan fingerprint density at radius 2 is 1.73 bits per heavy atom. The molecule has 1 aromatic heterocycles. The number of nitrogens with one attached hydrogen (secondary N) is 2. The van der Waals surface area contributed by atoms with Gasteiger partial charge in [0, 0.05) is 11.1 Å².